The number of halogens is 1. The second-order valence-corrected chi connectivity index (χ2v) is 5.64. The number of esters is 1. The molecule has 0 radical (unpaired) electrons. The summed E-state index contributed by atoms with van der Waals surface area (Å²) in [5.41, 5.74) is -0.271. The summed E-state index contributed by atoms with van der Waals surface area (Å²) in [5, 5.41) is 6.73. The molecular weight excluding hydrogens is 329 g/mol. The zero-order valence-electron chi connectivity index (χ0n) is 14.4. The minimum absolute atomic E-state index is 0.0524. The maximum absolute atomic E-state index is 13.9. The van der Waals surface area contributed by atoms with Crippen LogP contribution in [-0.4, -0.2) is 34.9 Å². The molecular formula is C17H20FN3O4. The first-order chi connectivity index (χ1) is 11.8. The number of ether oxygens (including phenoxy) is 2. The predicted octanol–water partition coefficient (Wildman–Crippen LogP) is 2.80. The van der Waals surface area contributed by atoms with Crippen LogP contribution in [0, 0.1) is 5.82 Å². The van der Waals surface area contributed by atoms with E-state index in [1.54, 1.807) is 16.9 Å². The number of hydrogen-bond donors (Lipinski definition) is 1. The normalized spacial score (nSPS) is 11.9. The average molecular weight is 349 g/mol. The second kappa shape index (κ2) is 7.78. The van der Waals surface area contributed by atoms with Crippen LogP contribution in [0.1, 0.15) is 37.2 Å². The van der Waals surface area contributed by atoms with Gasteiger partial charge in [-0.1, -0.05) is 0 Å². The van der Waals surface area contributed by atoms with Crippen molar-refractivity contribution in [1.82, 2.24) is 9.78 Å². The van der Waals surface area contributed by atoms with Gasteiger partial charge in [0.05, 0.1) is 18.9 Å². The van der Waals surface area contributed by atoms with E-state index in [-0.39, 0.29) is 17.4 Å². The van der Waals surface area contributed by atoms with Crippen molar-refractivity contribution in [3.05, 3.63) is 41.8 Å². The largest absolute Gasteiger partial charge is 0.497 e. The lowest BCUT2D eigenvalue weighted by atomic mass is 10.2. The number of anilines is 1. The van der Waals surface area contributed by atoms with E-state index in [0.29, 0.717) is 5.82 Å². The molecule has 25 heavy (non-hydrogen) atoms. The Labute approximate surface area is 144 Å². The lowest BCUT2D eigenvalue weighted by Crippen LogP contribution is -2.31. The maximum Gasteiger partial charge on any atom is 0.341 e. The minimum atomic E-state index is -1.11. The van der Waals surface area contributed by atoms with Crippen molar-refractivity contribution in [2.75, 3.05) is 12.4 Å². The number of rotatable bonds is 6. The van der Waals surface area contributed by atoms with Crippen LogP contribution >= 0.6 is 0 Å². The third-order valence-electron chi connectivity index (χ3n) is 3.46. The van der Waals surface area contributed by atoms with E-state index in [1.807, 2.05) is 13.8 Å². The standard InChI is InChI=1S/C17H20FN3O4/c1-10(2)21-15(7-8-19-21)20-16(22)11(3)25-17(23)13-6-5-12(24-4)9-14(13)18/h5-11H,1-4H3,(H,20,22)/t11-/m0/s1. The van der Waals surface area contributed by atoms with Crippen molar-refractivity contribution in [2.45, 2.75) is 32.9 Å². The Hall–Kier alpha value is -2.90. The van der Waals surface area contributed by atoms with Crippen LogP contribution in [0.3, 0.4) is 0 Å². The molecule has 1 amide bonds. The molecule has 1 heterocycles. The quantitative estimate of drug-likeness (QED) is 0.811. The Morgan fingerprint density at radius 2 is 1.96 bits per heavy atom. The molecule has 2 rings (SSSR count). The minimum Gasteiger partial charge on any atom is -0.497 e. The summed E-state index contributed by atoms with van der Waals surface area (Å²) in [6, 6.07) is 5.44. The summed E-state index contributed by atoms with van der Waals surface area (Å²) in [6.45, 7) is 5.24. The van der Waals surface area contributed by atoms with Crippen LogP contribution < -0.4 is 10.1 Å². The van der Waals surface area contributed by atoms with Gasteiger partial charge in [0, 0.05) is 18.2 Å². The van der Waals surface area contributed by atoms with Crippen molar-refractivity contribution in [3.8, 4) is 5.75 Å². The van der Waals surface area contributed by atoms with E-state index < -0.39 is 23.8 Å². The molecule has 0 aliphatic rings. The molecule has 0 spiro atoms. The fourth-order valence-electron chi connectivity index (χ4n) is 2.12. The highest BCUT2D eigenvalue weighted by Crippen LogP contribution is 2.18. The van der Waals surface area contributed by atoms with E-state index in [2.05, 4.69) is 10.4 Å². The van der Waals surface area contributed by atoms with Crippen LogP contribution in [0.4, 0.5) is 10.2 Å². The van der Waals surface area contributed by atoms with Gasteiger partial charge in [-0.25, -0.2) is 13.9 Å². The number of amides is 1. The van der Waals surface area contributed by atoms with Gasteiger partial charge in [-0.2, -0.15) is 5.10 Å². The SMILES string of the molecule is COc1ccc(C(=O)O[C@@H](C)C(=O)Nc2ccnn2C(C)C)c(F)c1. The van der Waals surface area contributed by atoms with Crippen molar-refractivity contribution in [3.63, 3.8) is 0 Å². The van der Waals surface area contributed by atoms with Crippen LogP contribution in [0.5, 0.6) is 5.75 Å². The number of nitrogens with one attached hydrogen (secondary N) is 1. The van der Waals surface area contributed by atoms with E-state index in [0.717, 1.165) is 6.07 Å². The third kappa shape index (κ3) is 4.34. The smallest absolute Gasteiger partial charge is 0.341 e. The highest BCUT2D eigenvalue weighted by Gasteiger charge is 2.22. The van der Waals surface area contributed by atoms with Gasteiger partial charge in [-0.3, -0.25) is 4.79 Å². The number of nitrogens with zero attached hydrogens (tertiary/aromatic N) is 2. The Bertz CT molecular complexity index is 773. The van der Waals surface area contributed by atoms with E-state index in [9.17, 15) is 14.0 Å². The monoisotopic (exact) mass is 349 g/mol. The van der Waals surface area contributed by atoms with Crippen LogP contribution in [0.2, 0.25) is 0 Å². The highest BCUT2D eigenvalue weighted by atomic mass is 19.1. The summed E-state index contributed by atoms with van der Waals surface area (Å²) >= 11 is 0. The van der Waals surface area contributed by atoms with Gasteiger partial charge < -0.3 is 14.8 Å². The molecule has 0 saturated carbocycles. The molecule has 0 unspecified atom stereocenters. The summed E-state index contributed by atoms with van der Waals surface area (Å²) in [4.78, 5) is 24.3. The number of methoxy groups -OCH3 is 1. The number of benzene rings is 1. The van der Waals surface area contributed by atoms with Gasteiger partial charge >= 0.3 is 5.97 Å². The van der Waals surface area contributed by atoms with Gasteiger partial charge in [0.15, 0.2) is 6.10 Å². The van der Waals surface area contributed by atoms with Crippen LogP contribution in [0.25, 0.3) is 0 Å². The molecule has 0 fully saturated rings. The summed E-state index contributed by atoms with van der Waals surface area (Å²) in [5.74, 6) is -1.49. The third-order valence-corrected chi connectivity index (χ3v) is 3.46. The Balaban J connectivity index is 2.03. The van der Waals surface area contributed by atoms with Crippen LogP contribution in [-0.2, 0) is 9.53 Å². The fourth-order valence-corrected chi connectivity index (χ4v) is 2.12. The second-order valence-electron chi connectivity index (χ2n) is 5.64. The molecule has 0 aliphatic carbocycles. The summed E-state index contributed by atoms with van der Waals surface area (Å²) in [6.07, 6.45) is 0.448. The molecule has 134 valence electrons. The molecule has 0 aliphatic heterocycles. The van der Waals surface area contributed by atoms with Gasteiger partial charge in [0.2, 0.25) is 0 Å². The number of aromatic nitrogens is 2. The summed E-state index contributed by atoms with van der Waals surface area (Å²) in [7, 11) is 1.39. The molecule has 1 N–H and O–H groups in total. The number of carbonyl (C=O) groups is 2. The fraction of sp³-hybridized carbons (Fsp3) is 0.353. The molecule has 8 heteroatoms. The van der Waals surface area contributed by atoms with Gasteiger partial charge in [0.1, 0.15) is 17.4 Å². The zero-order valence-corrected chi connectivity index (χ0v) is 14.4. The highest BCUT2D eigenvalue weighted by molar-refractivity contribution is 5.97. The Kier molecular flexibility index (Phi) is 5.74. The van der Waals surface area contributed by atoms with Crippen molar-refractivity contribution >= 4 is 17.7 Å². The first-order valence-electron chi connectivity index (χ1n) is 7.72. The summed E-state index contributed by atoms with van der Waals surface area (Å²) < 4.78 is 25.4. The van der Waals surface area contributed by atoms with Gasteiger partial charge in [-0.15, -0.1) is 0 Å². The van der Waals surface area contributed by atoms with Crippen molar-refractivity contribution < 1.29 is 23.5 Å². The molecule has 1 aromatic heterocycles. The zero-order chi connectivity index (χ0) is 18.6. The lowest BCUT2D eigenvalue weighted by molar-refractivity contribution is -0.123. The Morgan fingerprint density at radius 1 is 1.24 bits per heavy atom. The molecule has 7 nitrogen and oxygen atoms in total. The first-order valence-corrected chi connectivity index (χ1v) is 7.72. The Morgan fingerprint density at radius 3 is 2.56 bits per heavy atom. The van der Waals surface area contributed by atoms with Gasteiger partial charge in [0.25, 0.3) is 5.91 Å². The van der Waals surface area contributed by atoms with E-state index in [4.69, 9.17) is 9.47 Å². The van der Waals surface area contributed by atoms with E-state index in [1.165, 1.54) is 26.2 Å². The van der Waals surface area contributed by atoms with Crippen LogP contribution in [0.15, 0.2) is 30.5 Å². The lowest BCUT2D eigenvalue weighted by Gasteiger charge is -2.16. The molecule has 0 bridgehead atoms. The molecule has 2 aromatic rings. The topological polar surface area (TPSA) is 82.4 Å². The number of carbonyl (C=O) groups excluding carboxylic acids is 2. The first kappa shape index (κ1) is 18.4. The maximum atomic E-state index is 13.9. The van der Waals surface area contributed by atoms with Gasteiger partial charge in [-0.05, 0) is 32.9 Å². The van der Waals surface area contributed by atoms with Crippen molar-refractivity contribution in [2.24, 2.45) is 0 Å². The molecule has 1 aromatic carbocycles. The van der Waals surface area contributed by atoms with Crippen molar-refractivity contribution in [1.29, 1.82) is 0 Å². The predicted molar refractivity (Wildman–Crippen MR) is 89.1 cm³/mol. The molecule has 1 atom stereocenters. The molecule has 0 saturated heterocycles. The number of hydrogen-bond acceptors (Lipinski definition) is 5. The van der Waals surface area contributed by atoms with E-state index >= 15 is 0 Å². The average Bonchev–Trinajstić information content (AvgIpc) is 3.02.